The lowest BCUT2D eigenvalue weighted by Gasteiger charge is -2.09. The standard InChI is InChI=1S/C19H16ClNO/c1-13-2-4-15(5-3-13)18-10-14(12-22)11-19(21-18)16-6-8-17(20)9-7-16/h2-11,22H,12H2,1H3. The SMILES string of the molecule is Cc1ccc(-c2cc(CO)cc(-c3ccc(Cl)cc3)n2)cc1. The molecule has 0 saturated carbocycles. The minimum Gasteiger partial charge on any atom is -0.392 e. The summed E-state index contributed by atoms with van der Waals surface area (Å²) in [6.45, 7) is 2.04. The zero-order valence-electron chi connectivity index (χ0n) is 12.3. The maximum atomic E-state index is 9.52. The number of hydrogen-bond donors (Lipinski definition) is 1. The first-order valence-corrected chi connectivity index (χ1v) is 7.48. The lowest BCUT2D eigenvalue weighted by atomic mass is 10.0. The van der Waals surface area contributed by atoms with Gasteiger partial charge in [0.25, 0.3) is 0 Å². The molecule has 1 heterocycles. The Morgan fingerprint density at radius 2 is 1.36 bits per heavy atom. The minimum absolute atomic E-state index is 0.0119. The minimum atomic E-state index is -0.0119. The third-order valence-corrected chi connectivity index (χ3v) is 3.81. The van der Waals surface area contributed by atoms with Gasteiger partial charge in [-0.15, -0.1) is 0 Å². The second-order valence-corrected chi connectivity index (χ2v) is 5.71. The highest BCUT2D eigenvalue weighted by molar-refractivity contribution is 6.30. The highest BCUT2D eigenvalue weighted by Gasteiger charge is 2.07. The van der Waals surface area contributed by atoms with Crippen LogP contribution in [0, 0.1) is 6.92 Å². The van der Waals surface area contributed by atoms with Crippen LogP contribution in [-0.2, 0) is 6.61 Å². The van der Waals surface area contributed by atoms with Crippen LogP contribution in [0.15, 0.2) is 60.7 Å². The van der Waals surface area contributed by atoms with Gasteiger partial charge in [-0.05, 0) is 36.8 Å². The summed E-state index contributed by atoms with van der Waals surface area (Å²) >= 11 is 5.94. The average Bonchev–Trinajstić information content (AvgIpc) is 2.55. The van der Waals surface area contributed by atoms with Gasteiger partial charge in [-0.3, -0.25) is 0 Å². The molecular weight excluding hydrogens is 294 g/mol. The molecule has 0 bridgehead atoms. The third kappa shape index (κ3) is 3.19. The van der Waals surface area contributed by atoms with E-state index in [1.165, 1.54) is 5.56 Å². The van der Waals surface area contributed by atoms with Crippen molar-refractivity contribution in [3.63, 3.8) is 0 Å². The van der Waals surface area contributed by atoms with Crippen molar-refractivity contribution in [2.45, 2.75) is 13.5 Å². The molecule has 110 valence electrons. The number of rotatable bonds is 3. The quantitative estimate of drug-likeness (QED) is 0.748. The molecule has 0 aliphatic heterocycles. The smallest absolute Gasteiger partial charge is 0.0713 e. The predicted octanol–water partition coefficient (Wildman–Crippen LogP) is 4.87. The lowest BCUT2D eigenvalue weighted by molar-refractivity contribution is 0.282. The highest BCUT2D eigenvalue weighted by atomic mass is 35.5. The van der Waals surface area contributed by atoms with E-state index in [0.29, 0.717) is 5.02 Å². The topological polar surface area (TPSA) is 33.1 Å². The van der Waals surface area contributed by atoms with Crippen molar-refractivity contribution in [3.8, 4) is 22.5 Å². The molecule has 3 aromatic rings. The second-order valence-electron chi connectivity index (χ2n) is 5.28. The fraction of sp³-hybridized carbons (Fsp3) is 0.105. The number of pyridine rings is 1. The third-order valence-electron chi connectivity index (χ3n) is 3.56. The molecule has 0 radical (unpaired) electrons. The Hall–Kier alpha value is -2.16. The van der Waals surface area contributed by atoms with E-state index in [2.05, 4.69) is 19.1 Å². The van der Waals surface area contributed by atoms with Crippen LogP contribution in [0.3, 0.4) is 0 Å². The van der Waals surface area contributed by atoms with Crippen molar-refractivity contribution in [1.29, 1.82) is 0 Å². The van der Waals surface area contributed by atoms with Crippen molar-refractivity contribution in [3.05, 3.63) is 76.8 Å². The number of nitrogens with zero attached hydrogens (tertiary/aromatic N) is 1. The van der Waals surface area contributed by atoms with Crippen molar-refractivity contribution in [2.24, 2.45) is 0 Å². The molecule has 2 aromatic carbocycles. The lowest BCUT2D eigenvalue weighted by Crippen LogP contribution is -1.93. The number of aliphatic hydroxyl groups is 1. The van der Waals surface area contributed by atoms with E-state index in [9.17, 15) is 5.11 Å². The summed E-state index contributed by atoms with van der Waals surface area (Å²) in [5.41, 5.74) is 5.76. The van der Waals surface area contributed by atoms with E-state index >= 15 is 0 Å². The number of aryl methyl sites for hydroxylation is 1. The first kappa shape index (κ1) is 14.8. The van der Waals surface area contributed by atoms with Gasteiger partial charge < -0.3 is 5.11 Å². The van der Waals surface area contributed by atoms with Crippen LogP contribution in [0.5, 0.6) is 0 Å². The first-order valence-electron chi connectivity index (χ1n) is 7.10. The highest BCUT2D eigenvalue weighted by Crippen LogP contribution is 2.26. The van der Waals surface area contributed by atoms with Gasteiger partial charge in [0.15, 0.2) is 0 Å². The van der Waals surface area contributed by atoms with Gasteiger partial charge in [-0.2, -0.15) is 0 Å². The zero-order chi connectivity index (χ0) is 15.5. The number of hydrogen-bond acceptors (Lipinski definition) is 2. The van der Waals surface area contributed by atoms with E-state index in [-0.39, 0.29) is 6.61 Å². The number of aliphatic hydroxyl groups excluding tert-OH is 1. The van der Waals surface area contributed by atoms with Crippen LogP contribution in [0.2, 0.25) is 5.02 Å². The molecule has 0 aliphatic carbocycles. The van der Waals surface area contributed by atoms with Crippen LogP contribution in [0.4, 0.5) is 0 Å². The summed E-state index contributed by atoms with van der Waals surface area (Å²) in [7, 11) is 0. The molecule has 1 aromatic heterocycles. The summed E-state index contributed by atoms with van der Waals surface area (Å²) in [5, 5.41) is 10.2. The van der Waals surface area contributed by atoms with Gasteiger partial charge >= 0.3 is 0 Å². The molecule has 2 nitrogen and oxygen atoms in total. The van der Waals surface area contributed by atoms with Crippen molar-refractivity contribution < 1.29 is 5.11 Å². The average molecular weight is 310 g/mol. The van der Waals surface area contributed by atoms with E-state index in [1.807, 2.05) is 48.5 Å². The normalized spacial score (nSPS) is 10.7. The molecular formula is C19H16ClNO. The summed E-state index contributed by atoms with van der Waals surface area (Å²) < 4.78 is 0. The zero-order valence-corrected chi connectivity index (χ0v) is 13.0. The second kappa shape index (κ2) is 6.30. The Kier molecular flexibility index (Phi) is 4.23. The fourth-order valence-corrected chi connectivity index (χ4v) is 2.45. The van der Waals surface area contributed by atoms with E-state index in [4.69, 9.17) is 16.6 Å². The van der Waals surface area contributed by atoms with Crippen LogP contribution < -0.4 is 0 Å². The summed E-state index contributed by atoms with van der Waals surface area (Å²) in [4.78, 5) is 4.73. The van der Waals surface area contributed by atoms with Gasteiger partial charge in [0.1, 0.15) is 0 Å². The van der Waals surface area contributed by atoms with E-state index < -0.39 is 0 Å². The molecule has 0 atom stereocenters. The molecule has 3 rings (SSSR count). The van der Waals surface area contributed by atoms with Crippen molar-refractivity contribution in [2.75, 3.05) is 0 Å². The number of benzene rings is 2. The van der Waals surface area contributed by atoms with Gasteiger partial charge in [0, 0.05) is 16.1 Å². The van der Waals surface area contributed by atoms with Crippen LogP contribution in [0.1, 0.15) is 11.1 Å². The monoisotopic (exact) mass is 309 g/mol. The molecule has 0 aliphatic rings. The molecule has 0 amide bonds. The Bertz CT molecular complexity index is 716. The van der Waals surface area contributed by atoms with Crippen molar-refractivity contribution >= 4 is 11.6 Å². The number of aromatic nitrogens is 1. The summed E-state index contributed by atoms with van der Waals surface area (Å²) in [5.74, 6) is 0. The van der Waals surface area contributed by atoms with Gasteiger partial charge in [0.2, 0.25) is 0 Å². The largest absolute Gasteiger partial charge is 0.392 e. The van der Waals surface area contributed by atoms with Crippen LogP contribution >= 0.6 is 11.6 Å². The molecule has 0 saturated heterocycles. The predicted molar refractivity (Wildman–Crippen MR) is 90.8 cm³/mol. The van der Waals surface area contributed by atoms with E-state index in [0.717, 1.165) is 28.1 Å². The Morgan fingerprint density at radius 3 is 1.86 bits per heavy atom. The van der Waals surface area contributed by atoms with Gasteiger partial charge in [0.05, 0.1) is 18.0 Å². The van der Waals surface area contributed by atoms with Gasteiger partial charge in [-0.1, -0.05) is 53.6 Å². The number of halogens is 1. The Balaban J connectivity index is 2.10. The summed E-state index contributed by atoms with van der Waals surface area (Å²) in [6, 6.07) is 19.6. The molecule has 0 unspecified atom stereocenters. The molecule has 0 fully saturated rings. The fourth-order valence-electron chi connectivity index (χ4n) is 2.32. The molecule has 1 N–H and O–H groups in total. The van der Waals surface area contributed by atoms with E-state index in [1.54, 1.807) is 0 Å². The Labute approximate surface area is 135 Å². The van der Waals surface area contributed by atoms with Gasteiger partial charge in [-0.25, -0.2) is 4.98 Å². The molecule has 0 spiro atoms. The maximum Gasteiger partial charge on any atom is 0.0713 e. The Morgan fingerprint density at radius 1 is 0.864 bits per heavy atom. The summed E-state index contributed by atoms with van der Waals surface area (Å²) in [6.07, 6.45) is 0. The maximum absolute atomic E-state index is 9.52. The molecule has 22 heavy (non-hydrogen) atoms. The van der Waals surface area contributed by atoms with Crippen LogP contribution in [-0.4, -0.2) is 10.1 Å². The first-order chi connectivity index (χ1) is 10.7. The molecule has 3 heteroatoms. The van der Waals surface area contributed by atoms with Crippen molar-refractivity contribution in [1.82, 2.24) is 4.98 Å². The van der Waals surface area contributed by atoms with Crippen LogP contribution in [0.25, 0.3) is 22.5 Å².